The van der Waals surface area contributed by atoms with Crippen molar-refractivity contribution in [2.45, 2.75) is 44.0 Å². The van der Waals surface area contributed by atoms with E-state index in [0.717, 1.165) is 23.3 Å². The lowest BCUT2D eigenvalue weighted by Crippen LogP contribution is -2.46. The largest absolute Gasteiger partial charge is 0.497 e. The van der Waals surface area contributed by atoms with Crippen molar-refractivity contribution in [1.29, 1.82) is 0 Å². The Morgan fingerprint density at radius 1 is 1.17 bits per heavy atom. The lowest BCUT2D eigenvalue weighted by molar-refractivity contribution is -0.126. The Morgan fingerprint density at radius 2 is 1.83 bits per heavy atom. The molecule has 1 aliphatic rings. The average molecular weight is 431 g/mol. The second-order valence-corrected chi connectivity index (χ2v) is 9.70. The van der Waals surface area contributed by atoms with Gasteiger partial charge < -0.3 is 10.1 Å². The molecule has 1 aliphatic heterocycles. The standard InChI is InChI=1S/C23H30N2O4S/c1-4-22(18-9-11-20(29-3)12-10-18)24-23(26)19-6-5-15-25(16-19)30(27,28)21-13-7-17(2)8-14-21/h7-14,19,22H,4-6,15-16H2,1-3H3,(H,24,26). The van der Waals surface area contributed by atoms with Crippen LogP contribution in [0.2, 0.25) is 0 Å². The fourth-order valence-electron chi connectivity index (χ4n) is 3.78. The number of piperidine rings is 1. The maximum absolute atomic E-state index is 13.0. The summed E-state index contributed by atoms with van der Waals surface area (Å²) >= 11 is 0. The van der Waals surface area contributed by atoms with Crippen LogP contribution >= 0.6 is 0 Å². The predicted octanol–water partition coefficient (Wildman–Crippen LogP) is 3.67. The van der Waals surface area contributed by atoms with Gasteiger partial charge in [-0.15, -0.1) is 0 Å². The zero-order chi connectivity index (χ0) is 21.7. The monoisotopic (exact) mass is 430 g/mol. The van der Waals surface area contributed by atoms with Crippen LogP contribution in [0.15, 0.2) is 53.4 Å². The van der Waals surface area contributed by atoms with Crippen LogP contribution in [0.5, 0.6) is 5.75 Å². The predicted molar refractivity (Wildman–Crippen MR) is 117 cm³/mol. The molecule has 30 heavy (non-hydrogen) atoms. The number of nitrogens with zero attached hydrogens (tertiary/aromatic N) is 1. The van der Waals surface area contributed by atoms with Gasteiger partial charge in [-0.1, -0.05) is 36.8 Å². The van der Waals surface area contributed by atoms with Gasteiger partial charge in [-0.2, -0.15) is 4.31 Å². The van der Waals surface area contributed by atoms with E-state index in [1.165, 1.54) is 4.31 Å². The zero-order valence-electron chi connectivity index (χ0n) is 17.8. The molecule has 2 unspecified atom stereocenters. The van der Waals surface area contributed by atoms with Crippen LogP contribution in [-0.4, -0.2) is 38.8 Å². The number of aryl methyl sites for hydroxylation is 1. The van der Waals surface area contributed by atoms with Crippen LogP contribution in [0.25, 0.3) is 0 Å². The fraction of sp³-hybridized carbons (Fsp3) is 0.435. The van der Waals surface area contributed by atoms with Crippen molar-refractivity contribution in [2.75, 3.05) is 20.2 Å². The van der Waals surface area contributed by atoms with Crippen LogP contribution < -0.4 is 10.1 Å². The van der Waals surface area contributed by atoms with E-state index in [1.807, 2.05) is 38.1 Å². The summed E-state index contributed by atoms with van der Waals surface area (Å²) in [6, 6.07) is 14.4. The first kappa shape index (κ1) is 22.3. The van der Waals surface area contributed by atoms with Crippen molar-refractivity contribution >= 4 is 15.9 Å². The molecule has 0 aliphatic carbocycles. The van der Waals surface area contributed by atoms with Gasteiger partial charge in [-0.3, -0.25) is 4.79 Å². The minimum Gasteiger partial charge on any atom is -0.497 e. The van der Waals surface area contributed by atoms with E-state index < -0.39 is 10.0 Å². The van der Waals surface area contributed by atoms with E-state index in [0.29, 0.717) is 19.4 Å². The highest BCUT2D eigenvalue weighted by molar-refractivity contribution is 7.89. The van der Waals surface area contributed by atoms with Crippen LogP contribution in [0.1, 0.15) is 43.4 Å². The third-order valence-corrected chi connectivity index (χ3v) is 7.54. The SMILES string of the molecule is CCC(NC(=O)C1CCCN(S(=O)(=O)c2ccc(C)cc2)C1)c1ccc(OC)cc1. The minimum absolute atomic E-state index is 0.0959. The molecule has 1 amide bonds. The zero-order valence-corrected chi connectivity index (χ0v) is 18.6. The Bertz CT molecular complexity index is 956. The molecule has 1 N–H and O–H groups in total. The van der Waals surface area contributed by atoms with Gasteiger partial charge in [-0.05, 0) is 56.0 Å². The van der Waals surface area contributed by atoms with E-state index in [1.54, 1.807) is 31.4 Å². The summed E-state index contributed by atoms with van der Waals surface area (Å²) < 4.78 is 32.7. The van der Waals surface area contributed by atoms with Crippen LogP contribution in [-0.2, 0) is 14.8 Å². The van der Waals surface area contributed by atoms with Crippen molar-refractivity contribution in [1.82, 2.24) is 9.62 Å². The number of hydrogen-bond acceptors (Lipinski definition) is 4. The van der Waals surface area contributed by atoms with Crippen LogP contribution in [0.4, 0.5) is 0 Å². The number of benzene rings is 2. The number of sulfonamides is 1. The summed E-state index contributed by atoms with van der Waals surface area (Å²) in [5.41, 5.74) is 2.01. The molecule has 3 rings (SSSR count). The summed E-state index contributed by atoms with van der Waals surface area (Å²) in [4.78, 5) is 13.2. The lowest BCUT2D eigenvalue weighted by Gasteiger charge is -2.32. The number of carbonyl (C=O) groups excluding carboxylic acids is 1. The highest BCUT2D eigenvalue weighted by atomic mass is 32.2. The molecule has 0 radical (unpaired) electrons. The smallest absolute Gasteiger partial charge is 0.243 e. The van der Waals surface area contributed by atoms with Crippen molar-refractivity contribution in [3.8, 4) is 5.75 Å². The number of hydrogen-bond donors (Lipinski definition) is 1. The number of ether oxygens (including phenoxy) is 1. The van der Waals surface area contributed by atoms with E-state index in [9.17, 15) is 13.2 Å². The third kappa shape index (κ3) is 5.02. The molecule has 0 saturated carbocycles. The maximum Gasteiger partial charge on any atom is 0.243 e. The number of methoxy groups -OCH3 is 1. The molecule has 0 spiro atoms. The highest BCUT2D eigenvalue weighted by Gasteiger charge is 2.33. The van der Waals surface area contributed by atoms with E-state index in [2.05, 4.69) is 5.32 Å². The summed E-state index contributed by atoms with van der Waals surface area (Å²) in [5.74, 6) is 0.317. The van der Waals surface area contributed by atoms with Crippen LogP contribution in [0.3, 0.4) is 0 Å². The molecule has 2 aromatic carbocycles. The molecule has 2 atom stereocenters. The maximum atomic E-state index is 13.0. The Hall–Kier alpha value is -2.38. The molecule has 162 valence electrons. The molecule has 1 heterocycles. The van der Waals surface area contributed by atoms with Gasteiger partial charge in [0.1, 0.15) is 5.75 Å². The first-order valence-electron chi connectivity index (χ1n) is 10.4. The highest BCUT2D eigenvalue weighted by Crippen LogP contribution is 2.26. The Kier molecular flexibility index (Phi) is 7.15. The molecule has 7 heteroatoms. The first-order chi connectivity index (χ1) is 14.3. The Balaban J connectivity index is 1.69. The second-order valence-electron chi connectivity index (χ2n) is 7.76. The number of rotatable bonds is 7. The van der Waals surface area contributed by atoms with Gasteiger partial charge in [0.2, 0.25) is 15.9 Å². The van der Waals surface area contributed by atoms with E-state index >= 15 is 0 Å². The summed E-state index contributed by atoms with van der Waals surface area (Å²) in [7, 11) is -1.98. The summed E-state index contributed by atoms with van der Waals surface area (Å²) in [5, 5.41) is 3.11. The van der Waals surface area contributed by atoms with Crippen molar-refractivity contribution in [2.24, 2.45) is 5.92 Å². The van der Waals surface area contributed by atoms with E-state index in [-0.39, 0.29) is 29.3 Å². The summed E-state index contributed by atoms with van der Waals surface area (Å²) in [6.45, 7) is 4.59. The van der Waals surface area contributed by atoms with Gasteiger partial charge in [0.05, 0.1) is 24.0 Å². The molecular weight excluding hydrogens is 400 g/mol. The van der Waals surface area contributed by atoms with Crippen molar-refractivity contribution in [3.05, 3.63) is 59.7 Å². The lowest BCUT2D eigenvalue weighted by atomic mass is 9.97. The van der Waals surface area contributed by atoms with Gasteiger partial charge in [0, 0.05) is 13.1 Å². The minimum atomic E-state index is -3.60. The average Bonchev–Trinajstić information content (AvgIpc) is 2.77. The molecule has 0 aromatic heterocycles. The number of nitrogens with one attached hydrogen (secondary N) is 1. The van der Waals surface area contributed by atoms with E-state index in [4.69, 9.17) is 4.74 Å². The molecular formula is C23H30N2O4S. The van der Waals surface area contributed by atoms with Crippen LogP contribution in [0, 0.1) is 12.8 Å². The number of carbonyl (C=O) groups is 1. The van der Waals surface area contributed by atoms with Gasteiger partial charge in [-0.25, -0.2) is 8.42 Å². The molecule has 6 nitrogen and oxygen atoms in total. The van der Waals surface area contributed by atoms with Crippen molar-refractivity contribution < 1.29 is 17.9 Å². The normalized spacial score (nSPS) is 18.6. The van der Waals surface area contributed by atoms with Gasteiger partial charge in [0.15, 0.2) is 0 Å². The van der Waals surface area contributed by atoms with Gasteiger partial charge in [0.25, 0.3) is 0 Å². The molecule has 1 fully saturated rings. The summed E-state index contributed by atoms with van der Waals surface area (Å²) in [6.07, 6.45) is 2.10. The Morgan fingerprint density at radius 3 is 2.43 bits per heavy atom. The molecule has 0 bridgehead atoms. The molecule has 2 aromatic rings. The third-order valence-electron chi connectivity index (χ3n) is 5.66. The number of amides is 1. The van der Waals surface area contributed by atoms with Gasteiger partial charge >= 0.3 is 0 Å². The van der Waals surface area contributed by atoms with Crippen molar-refractivity contribution in [3.63, 3.8) is 0 Å². The fourth-order valence-corrected chi connectivity index (χ4v) is 5.30. The quantitative estimate of drug-likeness (QED) is 0.727. The topological polar surface area (TPSA) is 75.7 Å². The Labute approximate surface area is 179 Å². The second kappa shape index (κ2) is 9.62. The first-order valence-corrected chi connectivity index (χ1v) is 11.8. The molecule has 1 saturated heterocycles.